The fraction of sp³-hybridized carbons (Fsp3) is 0.240. The van der Waals surface area contributed by atoms with Crippen LogP contribution in [0.2, 0.25) is 0 Å². The van der Waals surface area contributed by atoms with Crippen molar-refractivity contribution in [3.8, 4) is 28.5 Å². The highest BCUT2D eigenvalue weighted by Gasteiger charge is 2.48. The number of nitrogens with zero attached hydrogens (tertiary/aromatic N) is 4. The number of imidazole rings is 1. The molecule has 0 unspecified atom stereocenters. The largest absolute Gasteiger partial charge is 0.536 e. The lowest BCUT2D eigenvalue weighted by atomic mass is 9.60. The molecule has 10 rings (SSSR count). The number of hydrogen-bond donors (Lipinski definition) is 0. The first-order chi connectivity index (χ1) is 27.2. The van der Waals surface area contributed by atoms with Crippen molar-refractivity contribution in [2.75, 3.05) is 4.81 Å². The molecule has 0 aliphatic carbocycles. The third-order valence-electron chi connectivity index (χ3n) is 13.1. The van der Waals surface area contributed by atoms with Crippen LogP contribution in [0.25, 0.3) is 38.6 Å². The maximum absolute atomic E-state index is 6.82. The molecular weight excluding hydrogens is 699 g/mol. The van der Waals surface area contributed by atoms with Crippen molar-refractivity contribution in [1.29, 1.82) is 0 Å². The highest BCUT2D eigenvalue weighted by Crippen LogP contribution is 2.54. The molecule has 0 atom stereocenters. The van der Waals surface area contributed by atoms with Crippen LogP contribution in [0.4, 0.5) is 11.5 Å². The van der Waals surface area contributed by atoms with Gasteiger partial charge in [0.15, 0.2) is 0 Å². The van der Waals surface area contributed by atoms with Gasteiger partial charge in [-0.3, -0.25) is 4.40 Å². The molecule has 6 nitrogen and oxygen atoms in total. The van der Waals surface area contributed by atoms with Gasteiger partial charge in [-0.1, -0.05) is 126 Å². The van der Waals surface area contributed by atoms with Crippen LogP contribution in [0, 0.1) is 13.8 Å². The van der Waals surface area contributed by atoms with Gasteiger partial charge in [0, 0.05) is 39.4 Å². The molecule has 0 saturated heterocycles. The average molecular weight is 747 g/mol. The molecule has 57 heavy (non-hydrogen) atoms. The van der Waals surface area contributed by atoms with Crippen molar-refractivity contribution >= 4 is 51.3 Å². The highest BCUT2D eigenvalue weighted by molar-refractivity contribution is 6.75. The molecule has 2 aliphatic heterocycles. The number of fused-ring (bicyclic) bond motifs is 4. The van der Waals surface area contributed by atoms with Crippen LogP contribution in [0.3, 0.4) is 0 Å². The molecule has 0 saturated carbocycles. The summed E-state index contributed by atoms with van der Waals surface area (Å²) in [6.07, 6.45) is 1.91. The molecule has 282 valence electrons. The molecule has 5 aromatic carbocycles. The molecule has 3 aromatic heterocycles. The summed E-state index contributed by atoms with van der Waals surface area (Å²) in [7, 11) is -0.382. The molecule has 0 fully saturated rings. The van der Waals surface area contributed by atoms with Gasteiger partial charge in [-0.15, -0.1) is 0 Å². The molecular formula is C50H47BN4O2. The summed E-state index contributed by atoms with van der Waals surface area (Å²) in [6.45, 7) is 20.5. The van der Waals surface area contributed by atoms with Crippen LogP contribution < -0.4 is 19.7 Å². The minimum Gasteiger partial charge on any atom is -0.536 e. The first-order valence-electron chi connectivity index (χ1n) is 20.0. The Morgan fingerprint density at radius 1 is 0.702 bits per heavy atom. The Morgan fingerprint density at radius 3 is 2.18 bits per heavy atom. The first kappa shape index (κ1) is 35.3. The summed E-state index contributed by atoms with van der Waals surface area (Å²) in [5.74, 6) is 3.08. The van der Waals surface area contributed by atoms with Gasteiger partial charge in [0.05, 0.1) is 22.6 Å². The van der Waals surface area contributed by atoms with Gasteiger partial charge < -0.3 is 14.2 Å². The van der Waals surface area contributed by atoms with E-state index in [9.17, 15) is 0 Å². The van der Waals surface area contributed by atoms with Gasteiger partial charge in [-0.25, -0.2) is 9.97 Å². The summed E-state index contributed by atoms with van der Waals surface area (Å²) in [6, 6.07) is 40.7. The van der Waals surface area contributed by atoms with E-state index in [4.69, 9.17) is 19.4 Å². The summed E-state index contributed by atoms with van der Waals surface area (Å²) >= 11 is 0. The van der Waals surface area contributed by atoms with Crippen molar-refractivity contribution in [2.24, 2.45) is 0 Å². The molecule has 0 radical (unpaired) electrons. The summed E-state index contributed by atoms with van der Waals surface area (Å²) in [4.78, 5) is 12.7. The normalized spacial score (nSPS) is 15.5. The van der Waals surface area contributed by atoms with Gasteiger partial charge in [0.25, 0.3) is 0 Å². The molecule has 0 bridgehead atoms. The Morgan fingerprint density at radius 2 is 1.42 bits per heavy atom. The quantitative estimate of drug-likeness (QED) is 0.130. The number of para-hydroxylation sites is 1. The Kier molecular flexibility index (Phi) is 7.57. The lowest BCUT2D eigenvalue weighted by molar-refractivity contribution is 0.289. The second-order valence-corrected chi connectivity index (χ2v) is 18.0. The standard InChI is InChI=1S/C50H47BN4O2/c1-30-15-13-16-31(2)43(30)51-55(42-27-33(25-26-52-42)48(3,4)5)40-29-35(22-24-41(40)57-51)56-34-21-23-36-37-19-14-20-39-45(37)54-46(50(8,9)49(39,6)7)44(32-17-11-10-12-18-32)53-47(54)38(36)28-34/h10-29H,1-9H3. The monoisotopic (exact) mass is 746 g/mol. The fourth-order valence-electron chi connectivity index (χ4n) is 9.29. The predicted molar refractivity (Wildman–Crippen MR) is 235 cm³/mol. The zero-order valence-electron chi connectivity index (χ0n) is 34.2. The van der Waals surface area contributed by atoms with E-state index in [1.54, 1.807) is 0 Å². The minimum absolute atomic E-state index is 0.0451. The molecule has 2 aliphatic rings. The number of hydrogen-bond acceptors (Lipinski definition) is 5. The summed E-state index contributed by atoms with van der Waals surface area (Å²) in [5, 5.41) is 3.44. The van der Waals surface area contributed by atoms with Crippen LogP contribution in [0.5, 0.6) is 17.2 Å². The molecule has 7 heteroatoms. The van der Waals surface area contributed by atoms with E-state index in [0.29, 0.717) is 5.75 Å². The zero-order chi connectivity index (χ0) is 39.6. The summed E-state index contributed by atoms with van der Waals surface area (Å²) < 4.78 is 16.1. The van der Waals surface area contributed by atoms with Gasteiger partial charge >= 0.3 is 7.05 Å². The van der Waals surface area contributed by atoms with Gasteiger partial charge in [-0.05, 0) is 83.7 Å². The number of aromatic nitrogens is 3. The predicted octanol–water partition coefficient (Wildman–Crippen LogP) is 11.9. The number of rotatable bonds is 5. The maximum atomic E-state index is 6.82. The van der Waals surface area contributed by atoms with E-state index in [2.05, 4.69) is 175 Å². The van der Waals surface area contributed by atoms with Gasteiger partial charge in [-0.2, -0.15) is 0 Å². The van der Waals surface area contributed by atoms with E-state index in [0.717, 1.165) is 56.1 Å². The van der Waals surface area contributed by atoms with Crippen LogP contribution in [0.1, 0.15) is 76.4 Å². The highest BCUT2D eigenvalue weighted by atomic mass is 16.5. The van der Waals surface area contributed by atoms with E-state index in [-0.39, 0.29) is 23.3 Å². The molecule has 8 aromatic rings. The van der Waals surface area contributed by atoms with Crippen LogP contribution in [-0.2, 0) is 16.2 Å². The van der Waals surface area contributed by atoms with Gasteiger partial charge in [0.2, 0.25) is 0 Å². The Balaban J connectivity index is 1.13. The second-order valence-electron chi connectivity index (χ2n) is 18.0. The number of anilines is 2. The average Bonchev–Trinajstić information content (AvgIpc) is 3.77. The SMILES string of the molecule is Cc1cccc(C)c1B1Oc2ccc(Oc3ccc4c(c3)c3nc(-c5ccccc5)c5n3c3c(cccc43)C(C)(C)C5(C)C)cc2N1c1cc(C(C)(C)C)ccn1. The van der Waals surface area contributed by atoms with Crippen LogP contribution >= 0.6 is 0 Å². The minimum atomic E-state index is -0.382. The molecule has 0 N–H and O–H groups in total. The summed E-state index contributed by atoms with van der Waals surface area (Å²) in [5.41, 5.74) is 12.1. The topological polar surface area (TPSA) is 51.9 Å². The lowest BCUT2D eigenvalue weighted by Crippen LogP contribution is -2.49. The zero-order valence-corrected chi connectivity index (χ0v) is 34.2. The second kappa shape index (κ2) is 12.2. The Bertz CT molecular complexity index is 2920. The number of pyridine rings is 2. The molecule has 5 heterocycles. The van der Waals surface area contributed by atoms with Gasteiger partial charge in [0.1, 0.15) is 28.7 Å². The van der Waals surface area contributed by atoms with E-state index >= 15 is 0 Å². The smallest absolute Gasteiger partial charge is 0.526 e. The Hall–Kier alpha value is -6.08. The van der Waals surface area contributed by atoms with Crippen molar-refractivity contribution in [1.82, 2.24) is 14.4 Å². The van der Waals surface area contributed by atoms with Crippen molar-refractivity contribution in [3.63, 3.8) is 0 Å². The van der Waals surface area contributed by atoms with E-state index in [1.165, 1.54) is 38.9 Å². The molecule has 0 amide bonds. The fourth-order valence-corrected chi connectivity index (χ4v) is 9.29. The van der Waals surface area contributed by atoms with Crippen molar-refractivity contribution in [3.05, 3.63) is 149 Å². The van der Waals surface area contributed by atoms with Crippen molar-refractivity contribution < 1.29 is 9.39 Å². The Labute approximate surface area is 335 Å². The van der Waals surface area contributed by atoms with Crippen molar-refractivity contribution in [2.45, 2.75) is 78.6 Å². The first-order valence-corrected chi connectivity index (χ1v) is 20.0. The number of benzene rings is 5. The third kappa shape index (κ3) is 5.17. The van der Waals surface area contributed by atoms with E-state index < -0.39 is 0 Å². The van der Waals surface area contributed by atoms with Crippen LogP contribution in [-0.4, -0.2) is 21.4 Å². The maximum Gasteiger partial charge on any atom is 0.526 e. The number of aryl methyl sites for hydroxylation is 2. The third-order valence-corrected chi connectivity index (χ3v) is 13.1. The van der Waals surface area contributed by atoms with Crippen LogP contribution in [0.15, 0.2) is 121 Å². The number of ether oxygens (including phenoxy) is 1. The lowest BCUT2D eigenvalue weighted by Gasteiger charge is -2.46. The molecule has 0 spiro atoms. The van der Waals surface area contributed by atoms with E-state index in [1.807, 2.05) is 18.3 Å².